The molecule has 3 rings (SSSR count). The van der Waals surface area contributed by atoms with E-state index in [0.717, 1.165) is 25.4 Å². The van der Waals surface area contributed by atoms with Crippen LogP contribution in [-0.4, -0.2) is 49.2 Å². The van der Waals surface area contributed by atoms with Crippen LogP contribution in [-0.2, 0) is 17.8 Å². The molecule has 3 aromatic rings. The Hall–Kier alpha value is -2.60. The molecule has 29 heavy (non-hydrogen) atoms. The van der Waals surface area contributed by atoms with Gasteiger partial charge in [0.2, 0.25) is 0 Å². The summed E-state index contributed by atoms with van der Waals surface area (Å²) in [5, 5.41) is 10.5. The molecule has 0 spiro atoms. The fourth-order valence-corrected chi connectivity index (χ4v) is 3.41. The minimum Gasteiger partial charge on any atom is -0.491 e. The Kier molecular flexibility index (Phi) is 8.31. The van der Waals surface area contributed by atoms with Gasteiger partial charge in [0, 0.05) is 19.9 Å². The predicted molar refractivity (Wildman–Crippen MR) is 114 cm³/mol. The Bertz CT molecular complexity index is 820. The third-order valence-corrected chi connectivity index (χ3v) is 4.92. The van der Waals surface area contributed by atoms with Crippen molar-refractivity contribution in [3.05, 3.63) is 90.3 Å². The van der Waals surface area contributed by atoms with Crippen LogP contribution < -0.4 is 9.64 Å². The molecule has 2 atom stereocenters. The van der Waals surface area contributed by atoms with E-state index in [4.69, 9.17) is 9.47 Å². The lowest BCUT2D eigenvalue weighted by Crippen LogP contribution is -3.12. The first kappa shape index (κ1) is 21.1. The van der Waals surface area contributed by atoms with Crippen LogP contribution in [0.2, 0.25) is 0 Å². The summed E-state index contributed by atoms with van der Waals surface area (Å²) in [6.07, 6.45) is 1.57. The van der Waals surface area contributed by atoms with Gasteiger partial charge in [-0.2, -0.15) is 0 Å². The van der Waals surface area contributed by atoms with Crippen LogP contribution in [0.1, 0.15) is 11.3 Å². The Labute approximate surface area is 173 Å². The summed E-state index contributed by atoms with van der Waals surface area (Å²) >= 11 is 0. The van der Waals surface area contributed by atoms with Crippen molar-refractivity contribution in [3.63, 3.8) is 0 Å². The molecule has 0 aliphatic rings. The van der Waals surface area contributed by atoms with E-state index in [1.807, 2.05) is 36.4 Å². The molecular formula is C24H31N2O3+. The molecule has 1 heterocycles. The molecule has 0 aliphatic carbocycles. The number of hydrogen-bond acceptors (Lipinski definition) is 3. The SMILES string of the molecule is COCC[NH+](Cc1cccn1Cc1ccccc1)C[C@@H](O)COc1ccccc1. The van der Waals surface area contributed by atoms with E-state index in [1.54, 1.807) is 7.11 Å². The number of quaternary nitrogens is 1. The molecule has 0 amide bonds. The lowest BCUT2D eigenvalue weighted by atomic mass is 10.2. The van der Waals surface area contributed by atoms with Gasteiger partial charge in [0.1, 0.15) is 38.1 Å². The minimum atomic E-state index is -0.542. The molecule has 0 bridgehead atoms. The molecule has 0 fully saturated rings. The molecule has 2 aromatic carbocycles. The summed E-state index contributed by atoms with van der Waals surface area (Å²) in [6.45, 7) is 4.04. The van der Waals surface area contributed by atoms with Crippen molar-refractivity contribution >= 4 is 0 Å². The van der Waals surface area contributed by atoms with Crippen molar-refractivity contribution in [2.24, 2.45) is 0 Å². The average Bonchev–Trinajstić information content (AvgIpc) is 3.18. The fourth-order valence-electron chi connectivity index (χ4n) is 3.41. The number of methoxy groups -OCH3 is 1. The normalized spacial score (nSPS) is 13.2. The van der Waals surface area contributed by atoms with Gasteiger partial charge in [-0.25, -0.2) is 0 Å². The van der Waals surface area contributed by atoms with Gasteiger partial charge < -0.3 is 24.0 Å². The van der Waals surface area contributed by atoms with E-state index >= 15 is 0 Å². The highest BCUT2D eigenvalue weighted by Crippen LogP contribution is 2.09. The number of hydrogen-bond donors (Lipinski definition) is 2. The zero-order valence-electron chi connectivity index (χ0n) is 17.0. The molecule has 2 N–H and O–H groups in total. The number of aliphatic hydroxyl groups excluding tert-OH is 1. The molecule has 0 aliphatic heterocycles. The van der Waals surface area contributed by atoms with Gasteiger partial charge in [0.05, 0.1) is 12.3 Å². The Morgan fingerprint density at radius 3 is 2.41 bits per heavy atom. The summed E-state index contributed by atoms with van der Waals surface area (Å²) in [7, 11) is 1.71. The largest absolute Gasteiger partial charge is 0.491 e. The molecule has 0 radical (unpaired) electrons. The van der Waals surface area contributed by atoms with E-state index in [2.05, 4.69) is 47.2 Å². The third-order valence-electron chi connectivity index (χ3n) is 4.92. The first-order valence-electron chi connectivity index (χ1n) is 10.1. The standard InChI is InChI=1S/C24H30N2O3/c1-28-16-15-25(19-23(27)20-29-24-12-6-3-7-13-24)18-22-11-8-14-26(22)17-21-9-4-2-5-10-21/h2-14,23,27H,15-20H2,1H3/p+1/t23-/m1/s1. The molecule has 1 aromatic heterocycles. The molecule has 0 saturated carbocycles. The maximum absolute atomic E-state index is 10.5. The Morgan fingerprint density at radius 1 is 0.966 bits per heavy atom. The van der Waals surface area contributed by atoms with Crippen LogP contribution in [0.3, 0.4) is 0 Å². The highest BCUT2D eigenvalue weighted by Gasteiger charge is 2.18. The smallest absolute Gasteiger partial charge is 0.137 e. The third kappa shape index (κ3) is 7.06. The lowest BCUT2D eigenvalue weighted by molar-refractivity contribution is -0.917. The summed E-state index contributed by atoms with van der Waals surface area (Å²) in [5.41, 5.74) is 2.52. The van der Waals surface area contributed by atoms with E-state index < -0.39 is 6.10 Å². The number of para-hydroxylation sites is 1. The van der Waals surface area contributed by atoms with E-state index in [-0.39, 0.29) is 6.61 Å². The molecule has 0 saturated heterocycles. The van der Waals surface area contributed by atoms with Crippen LogP contribution in [0, 0.1) is 0 Å². The van der Waals surface area contributed by atoms with Gasteiger partial charge in [-0.15, -0.1) is 0 Å². The predicted octanol–water partition coefficient (Wildman–Crippen LogP) is 2.01. The van der Waals surface area contributed by atoms with Gasteiger partial charge in [0.25, 0.3) is 0 Å². The topological polar surface area (TPSA) is 48.1 Å². The lowest BCUT2D eigenvalue weighted by Gasteiger charge is -2.23. The number of nitrogens with zero attached hydrogens (tertiary/aromatic N) is 1. The van der Waals surface area contributed by atoms with Crippen molar-refractivity contribution in [2.75, 3.05) is 33.4 Å². The maximum atomic E-state index is 10.5. The van der Waals surface area contributed by atoms with Crippen molar-refractivity contribution in [1.82, 2.24) is 4.57 Å². The highest BCUT2D eigenvalue weighted by atomic mass is 16.5. The minimum absolute atomic E-state index is 0.283. The number of ether oxygens (including phenoxy) is 2. The van der Waals surface area contributed by atoms with E-state index in [9.17, 15) is 5.11 Å². The monoisotopic (exact) mass is 395 g/mol. The molecule has 154 valence electrons. The van der Waals surface area contributed by atoms with Crippen LogP contribution in [0.15, 0.2) is 79.0 Å². The van der Waals surface area contributed by atoms with Crippen molar-refractivity contribution in [1.29, 1.82) is 0 Å². The number of benzene rings is 2. The number of rotatable bonds is 12. The van der Waals surface area contributed by atoms with Crippen molar-refractivity contribution in [3.8, 4) is 5.75 Å². The first-order valence-corrected chi connectivity index (χ1v) is 10.1. The Balaban J connectivity index is 1.58. The molecule has 5 nitrogen and oxygen atoms in total. The second-order valence-electron chi connectivity index (χ2n) is 7.26. The number of nitrogens with one attached hydrogen (secondary N) is 1. The number of aromatic nitrogens is 1. The van der Waals surface area contributed by atoms with Crippen molar-refractivity contribution in [2.45, 2.75) is 19.2 Å². The summed E-state index contributed by atoms with van der Waals surface area (Å²) in [6, 6.07) is 24.3. The zero-order chi connectivity index (χ0) is 20.3. The van der Waals surface area contributed by atoms with Crippen molar-refractivity contribution < 1.29 is 19.5 Å². The second-order valence-corrected chi connectivity index (χ2v) is 7.26. The number of aliphatic hydroxyl groups is 1. The van der Waals surface area contributed by atoms with Gasteiger partial charge in [-0.05, 0) is 29.8 Å². The van der Waals surface area contributed by atoms with E-state index in [0.29, 0.717) is 13.2 Å². The maximum Gasteiger partial charge on any atom is 0.137 e. The summed E-state index contributed by atoms with van der Waals surface area (Å²) in [4.78, 5) is 1.27. The fraction of sp³-hybridized carbons (Fsp3) is 0.333. The Morgan fingerprint density at radius 2 is 1.69 bits per heavy atom. The van der Waals surface area contributed by atoms with Gasteiger partial charge >= 0.3 is 0 Å². The van der Waals surface area contributed by atoms with Gasteiger partial charge in [0.15, 0.2) is 0 Å². The van der Waals surface area contributed by atoms with E-state index in [1.165, 1.54) is 16.2 Å². The average molecular weight is 396 g/mol. The van der Waals surface area contributed by atoms with Crippen LogP contribution >= 0.6 is 0 Å². The van der Waals surface area contributed by atoms with Gasteiger partial charge in [-0.3, -0.25) is 0 Å². The molecule has 1 unspecified atom stereocenters. The molecule has 5 heteroatoms. The zero-order valence-corrected chi connectivity index (χ0v) is 17.0. The second kappa shape index (κ2) is 11.4. The quantitative estimate of drug-likeness (QED) is 0.493. The summed E-state index contributed by atoms with van der Waals surface area (Å²) in [5.74, 6) is 0.779. The van der Waals surface area contributed by atoms with Crippen LogP contribution in [0.5, 0.6) is 5.75 Å². The highest BCUT2D eigenvalue weighted by molar-refractivity contribution is 5.21. The van der Waals surface area contributed by atoms with Crippen LogP contribution in [0.4, 0.5) is 0 Å². The first-order chi connectivity index (χ1) is 14.2. The van der Waals surface area contributed by atoms with Crippen LogP contribution in [0.25, 0.3) is 0 Å². The molecular weight excluding hydrogens is 364 g/mol. The van der Waals surface area contributed by atoms with Gasteiger partial charge in [-0.1, -0.05) is 48.5 Å². The summed E-state index contributed by atoms with van der Waals surface area (Å²) < 4.78 is 13.3.